The monoisotopic (exact) mass is 468 g/mol. The first-order valence-corrected chi connectivity index (χ1v) is 11.3. The molecule has 0 radical (unpaired) electrons. The number of anilines is 1. The summed E-state index contributed by atoms with van der Waals surface area (Å²) in [4.78, 5) is 26.4. The van der Waals surface area contributed by atoms with Gasteiger partial charge < -0.3 is 19.0 Å². The van der Waals surface area contributed by atoms with Crippen LogP contribution in [0.3, 0.4) is 0 Å². The zero-order valence-corrected chi connectivity index (χ0v) is 18.9. The highest BCUT2D eigenvalue weighted by Gasteiger charge is 2.30. The molecule has 2 aromatic heterocycles. The lowest BCUT2D eigenvalue weighted by molar-refractivity contribution is -0.116. The van der Waals surface area contributed by atoms with Gasteiger partial charge in [0.1, 0.15) is 17.1 Å². The fourth-order valence-electron chi connectivity index (χ4n) is 4.98. The number of benzene rings is 3. The van der Waals surface area contributed by atoms with Crippen molar-refractivity contribution in [2.75, 3.05) is 12.4 Å². The molecule has 174 valence electrons. The normalized spacial score (nSPS) is 15.3. The second kappa shape index (κ2) is 8.13. The van der Waals surface area contributed by atoms with Crippen LogP contribution in [0.15, 0.2) is 82.3 Å². The molecule has 3 heterocycles. The third-order valence-corrected chi connectivity index (χ3v) is 6.60. The Labute approximate surface area is 199 Å². The van der Waals surface area contributed by atoms with Crippen LogP contribution in [-0.2, 0) is 11.3 Å². The molecule has 1 amide bonds. The number of nitrogens with zero attached hydrogens (tertiary/aromatic N) is 1. The first-order chi connectivity index (χ1) is 17.0. The number of ether oxygens (including phenoxy) is 1. The number of carbonyl (C=O) groups excluding carboxylic acids is 1. The van der Waals surface area contributed by atoms with E-state index in [2.05, 4.69) is 5.32 Å². The smallest absolute Gasteiger partial charge is 0.225 e. The first-order valence-electron chi connectivity index (χ1n) is 11.3. The van der Waals surface area contributed by atoms with Gasteiger partial charge in [-0.25, -0.2) is 4.39 Å². The molecule has 3 aromatic carbocycles. The van der Waals surface area contributed by atoms with E-state index in [4.69, 9.17) is 9.15 Å². The maximum Gasteiger partial charge on any atom is 0.225 e. The van der Waals surface area contributed by atoms with Crippen molar-refractivity contribution in [3.63, 3.8) is 0 Å². The van der Waals surface area contributed by atoms with E-state index in [0.717, 1.165) is 22.0 Å². The molecule has 0 aliphatic carbocycles. The van der Waals surface area contributed by atoms with Gasteiger partial charge in [-0.15, -0.1) is 0 Å². The number of methoxy groups -OCH3 is 1. The van der Waals surface area contributed by atoms with Crippen LogP contribution in [0.2, 0.25) is 0 Å². The van der Waals surface area contributed by atoms with Gasteiger partial charge in [-0.05, 0) is 53.6 Å². The van der Waals surface area contributed by atoms with E-state index in [1.807, 2.05) is 35.0 Å². The molecule has 6 nitrogen and oxygen atoms in total. The summed E-state index contributed by atoms with van der Waals surface area (Å²) < 4.78 is 27.0. The summed E-state index contributed by atoms with van der Waals surface area (Å²) in [5.41, 5.74) is 3.90. The molecule has 1 N–H and O–H groups in total. The highest BCUT2D eigenvalue weighted by atomic mass is 19.1. The maximum atomic E-state index is 13.8. The third kappa shape index (κ3) is 3.56. The Morgan fingerprint density at radius 3 is 2.77 bits per heavy atom. The van der Waals surface area contributed by atoms with Crippen LogP contribution in [0.4, 0.5) is 10.1 Å². The Morgan fingerprint density at radius 1 is 1.09 bits per heavy atom. The quantitative estimate of drug-likeness (QED) is 0.382. The number of aromatic nitrogens is 1. The Bertz CT molecular complexity index is 1680. The highest BCUT2D eigenvalue weighted by molar-refractivity contribution is 6.06. The molecule has 1 unspecified atom stereocenters. The van der Waals surface area contributed by atoms with Crippen molar-refractivity contribution in [3.05, 3.63) is 106 Å². The molecule has 0 saturated heterocycles. The molecular formula is C28H21FN2O4. The van der Waals surface area contributed by atoms with Crippen LogP contribution in [0.1, 0.15) is 29.0 Å². The second-order valence-corrected chi connectivity index (χ2v) is 8.73. The standard InChI is InChI=1S/C28H21FN2O4/c1-34-18-8-9-25-20(11-18)28(33)22(15-35-25)19-12-26(32)30-23-6-3-7-24-27(23)21(19)14-31(24)13-16-4-2-5-17(29)10-16/h2-11,14-15,19H,12-13H2,1H3,(H,30,32). The van der Waals surface area contributed by atoms with Crippen LogP contribution in [0.5, 0.6) is 5.75 Å². The van der Waals surface area contributed by atoms with Gasteiger partial charge in [0, 0.05) is 36.0 Å². The van der Waals surface area contributed by atoms with E-state index >= 15 is 0 Å². The Kier molecular flexibility index (Phi) is 4.91. The van der Waals surface area contributed by atoms with Crippen molar-refractivity contribution in [2.45, 2.75) is 18.9 Å². The molecular weight excluding hydrogens is 447 g/mol. The summed E-state index contributed by atoms with van der Waals surface area (Å²) in [5, 5.41) is 4.25. The predicted octanol–water partition coefficient (Wildman–Crippen LogP) is 5.42. The number of hydrogen-bond donors (Lipinski definition) is 1. The zero-order chi connectivity index (χ0) is 24.1. The molecule has 5 aromatic rings. The predicted molar refractivity (Wildman–Crippen MR) is 132 cm³/mol. The lowest BCUT2D eigenvalue weighted by Gasteiger charge is -2.14. The number of amides is 1. The minimum Gasteiger partial charge on any atom is -0.497 e. The van der Waals surface area contributed by atoms with E-state index in [1.54, 1.807) is 24.3 Å². The molecule has 0 saturated carbocycles. The number of halogens is 1. The largest absolute Gasteiger partial charge is 0.497 e. The molecule has 0 spiro atoms. The van der Waals surface area contributed by atoms with Gasteiger partial charge in [0.15, 0.2) is 5.43 Å². The van der Waals surface area contributed by atoms with Crippen molar-refractivity contribution in [3.8, 4) is 5.75 Å². The van der Waals surface area contributed by atoms with Crippen LogP contribution < -0.4 is 15.5 Å². The summed E-state index contributed by atoms with van der Waals surface area (Å²) in [6, 6.07) is 17.2. The van der Waals surface area contributed by atoms with E-state index in [1.165, 1.54) is 25.5 Å². The SMILES string of the molecule is COc1ccc2occ(C3CC(=O)Nc4cccc5c4c3cn5Cc3cccc(F)c3)c(=O)c2c1. The van der Waals surface area contributed by atoms with Gasteiger partial charge in [-0.2, -0.15) is 0 Å². The van der Waals surface area contributed by atoms with Crippen LogP contribution in [0.25, 0.3) is 21.9 Å². The minimum absolute atomic E-state index is 0.0913. The minimum atomic E-state index is -0.512. The van der Waals surface area contributed by atoms with Gasteiger partial charge in [0.25, 0.3) is 0 Å². The fourth-order valence-corrected chi connectivity index (χ4v) is 4.98. The summed E-state index contributed by atoms with van der Waals surface area (Å²) in [6.45, 7) is 0.446. The lowest BCUT2D eigenvalue weighted by atomic mass is 9.89. The summed E-state index contributed by atoms with van der Waals surface area (Å²) in [5.74, 6) is -0.438. The van der Waals surface area contributed by atoms with Crippen LogP contribution in [0, 0.1) is 5.82 Å². The Balaban J connectivity index is 1.56. The van der Waals surface area contributed by atoms with Gasteiger partial charge in [0.05, 0.1) is 30.0 Å². The average Bonchev–Trinajstić information content (AvgIpc) is 3.15. The summed E-state index contributed by atoms with van der Waals surface area (Å²) in [6.07, 6.45) is 3.51. The zero-order valence-electron chi connectivity index (χ0n) is 18.9. The molecule has 0 bridgehead atoms. The number of hydrogen-bond acceptors (Lipinski definition) is 4. The van der Waals surface area contributed by atoms with E-state index < -0.39 is 5.92 Å². The van der Waals surface area contributed by atoms with E-state index in [0.29, 0.717) is 34.5 Å². The average molecular weight is 468 g/mol. The molecule has 7 heteroatoms. The number of fused-ring (bicyclic) bond motifs is 1. The van der Waals surface area contributed by atoms with Crippen molar-refractivity contribution >= 4 is 33.5 Å². The number of carbonyl (C=O) groups is 1. The molecule has 1 aliphatic rings. The number of rotatable bonds is 4. The molecule has 35 heavy (non-hydrogen) atoms. The van der Waals surface area contributed by atoms with Crippen molar-refractivity contribution in [1.82, 2.24) is 4.57 Å². The summed E-state index contributed by atoms with van der Waals surface area (Å²) >= 11 is 0. The van der Waals surface area contributed by atoms with Crippen LogP contribution in [-0.4, -0.2) is 17.6 Å². The lowest BCUT2D eigenvalue weighted by Crippen LogP contribution is -2.19. The van der Waals surface area contributed by atoms with Gasteiger partial charge in [-0.3, -0.25) is 9.59 Å². The Hall–Kier alpha value is -4.39. The maximum absolute atomic E-state index is 13.8. The fraction of sp³-hybridized carbons (Fsp3) is 0.143. The third-order valence-electron chi connectivity index (χ3n) is 6.60. The second-order valence-electron chi connectivity index (χ2n) is 8.73. The van der Waals surface area contributed by atoms with Crippen molar-refractivity contribution < 1.29 is 18.3 Å². The molecule has 0 fully saturated rings. The summed E-state index contributed by atoms with van der Waals surface area (Å²) in [7, 11) is 1.54. The van der Waals surface area contributed by atoms with Gasteiger partial charge in [-0.1, -0.05) is 18.2 Å². The molecule has 1 atom stereocenters. The number of nitrogens with one attached hydrogen (secondary N) is 1. The van der Waals surface area contributed by atoms with Crippen LogP contribution >= 0.6 is 0 Å². The topological polar surface area (TPSA) is 73.5 Å². The highest BCUT2D eigenvalue weighted by Crippen LogP contribution is 2.40. The van der Waals surface area contributed by atoms with Gasteiger partial charge >= 0.3 is 0 Å². The Morgan fingerprint density at radius 2 is 1.94 bits per heavy atom. The van der Waals surface area contributed by atoms with Crippen molar-refractivity contribution in [2.24, 2.45) is 0 Å². The van der Waals surface area contributed by atoms with Crippen molar-refractivity contribution in [1.29, 1.82) is 0 Å². The van der Waals surface area contributed by atoms with E-state index in [9.17, 15) is 14.0 Å². The van der Waals surface area contributed by atoms with Gasteiger partial charge in [0.2, 0.25) is 5.91 Å². The molecule has 1 aliphatic heterocycles. The molecule has 6 rings (SSSR count). The first kappa shape index (κ1) is 21.2. The van der Waals surface area contributed by atoms with E-state index in [-0.39, 0.29) is 23.6 Å².